The number of hydrogen-bond donors (Lipinski definition) is 2. The zero-order valence-electron chi connectivity index (χ0n) is 18.6. The number of hydrogen-bond acceptors (Lipinski definition) is 5. The minimum absolute atomic E-state index is 0.307. The molecule has 0 bridgehead atoms. The summed E-state index contributed by atoms with van der Waals surface area (Å²) in [5.74, 6) is 1.46. The van der Waals surface area contributed by atoms with Crippen molar-refractivity contribution in [3.05, 3.63) is 42.3 Å². The van der Waals surface area contributed by atoms with Crippen LogP contribution in [0, 0.1) is 5.41 Å². The number of aromatic nitrogens is 1. The Kier molecular flexibility index (Phi) is 7.59. The van der Waals surface area contributed by atoms with Gasteiger partial charge >= 0.3 is 0 Å². The molecule has 7 heteroatoms. The molecule has 0 spiro atoms. The normalized spacial score (nSPS) is 19.8. The summed E-state index contributed by atoms with van der Waals surface area (Å²) in [4.78, 5) is 11.6. The molecule has 4 rings (SSSR count). The Morgan fingerprint density at radius 2 is 1.87 bits per heavy atom. The van der Waals surface area contributed by atoms with Crippen LogP contribution in [0.25, 0.3) is 11.5 Å². The van der Waals surface area contributed by atoms with Crippen LogP contribution < -0.4 is 10.6 Å². The third-order valence-electron chi connectivity index (χ3n) is 6.44. The molecule has 1 aliphatic heterocycles. The Hall–Kier alpha value is -2.38. The summed E-state index contributed by atoms with van der Waals surface area (Å²) in [6, 6.07) is 9.97. The van der Waals surface area contributed by atoms with Crippen LogP contribution in [-0.2, 0) is 11.3 Å². The molecule has 1 saturated heterocycles. The Labute approximate surface area is 185 Å². The Morgan fingerprint density at radius 3 is 2.61 bits per heavy atom. The van der Waals surface area contributed by atoms with Crippen molar-refractivity contribution in [2.45, 2.75) is 38.6 Å². The van der Waals surface area contributed by atoms with E-state index >= 15 is 0 Å². The van der Waals surface area contributed by atoms with Gasteiger partial charge in [-0.05, 0) is 25.0 Å². The number of benzene rings is 1. The molecule has 1 aromatic heterocycles. The number of rotatable bonds is 7. The lowest BCUT2D eigenvalue weighted by Crippen LogP contribution is -2.51. The van der Waals surface area contributed by atoms with Crippen LogP contribution in [0.1, 0.15) is 37.8 Å². The van der Waals surface area contributed by atoms with Crippen LogP contribution in [0.5, 0.6) is 0 Å². The molecule has 1 saturated carbocycles. The summed E-state index contributed by atoms with van der Waals surface area (Å²) in [5.41, 5.74) is 2.16. The highest BCUT2D eigenvalue weighted by Gasteiger charge is 2.34. The molecule has 31 heavy (non-hydrogen) atoms. The summed E-state index contributed by atoms with van der Waals surface area (Å²) in [5, 5.41) is 6.99. The molecule has 2 aromatic rings. The first-order valence-corrected chi connectivity index (χ1v) is 11.5. The molecule has 1 aromatic carbocycles. The van der Waals surface area contributed by atoms with Gasteiger partial charge in [0.2, 0.25) is 5.89 Å². The van der Waals surface area contributed by atoms with Crippen molar-refractivity contribution in [1.82, 2.24) is 20.5 Å². The minimum atomic E-state index is 0.307. The molecule has 0 unspecified atom stereocenters. The van der Waals surface area contributed by atoms with Crippen molar-refractivity contribution in [1.29, 1.82) is 0 Å². The summed E-state index contributed by atoms with van der Waals surface area (Å²) >= 11 is 0. The second-order valence-corrected chi connectivity index (χ2v) is 8.74. The van der Waals surface area contributed by atoms with E-state index in [-0.39, 0.29) is 0 Å². The zero-order chi connectivity index (χ0) is 21.4. The molecule has 0 radical (unpaired) electrons. The van der Waals surface area contributed by atoms with Gasteiger partial charge in [-0.1, -0.05) is 37.5 Å². The fraction of sp³-hybridized carbons (Fsp3) is 0.583. The SMILES string of the molecule is CN=C(NCc1coc(-c2ccccc2)n1)NCC1(CN2CCOCC2)CCCCC1. The molecule has 2 fully saturated rings. The fourth-order valence-corrected chi connectivity index (χ4v) is 4.69. The number of aliphatic imine (C=N–C) groups is 1. The molecule has 2 N–H and O–H groups in total. The lowest BCUT2D eigenvalue weighted by atomic mass is 9.73. The van der Waals surface area contributed by atoms with E-state index < -0.39 is 0 Å². The van der Waals surface area contributed by atoms with Crippen LogP contribution in [0.15, 0.2) is 46.0 Å². The molecule has 2 aliphatic rings. The highest BCUT2D eigenvalue weighted by molar-refractivity contribution is 5.79. The topological polar surface area (TPSA) is 74.9 Å². The predicted octanol–water partition coefficient (Wildman–Crippen LogP) is 3.29. The van der Waals surface area contributed by atoms with Gasteiger partial charge in [0.25, 0.3) is 0 Å². The first-order chi connectivity index (χ1) is 15.3. The second kappa shape index (κ2) is 10.8. The van der Waals surface area contributed by atoms with Crippen LogP contribution in [0.3, 0.4) is 0 Å². The highest BCUT2D eigenvalue weighted by atomic mass is 16.5. The van der Waals surface area contributed by atoms with E-state index in [4.69, 9.17) is 9.15 Å². The van der Waals surface area contributed by atoms with E-state index in [1.165, 1.54) is 32.1 Å². The quantitative estimate of drug-likeness (QED) is 0.524. The van der Waals surface area contributed by atoms with Gasteiger partial charge in [0.15, 0.2) is 5.96 Å². The van der Waals surface area contributed by atoms with Crippen LogP contribution in [-0.4, -0.2) is 62.3 Å². The molecule has 168 valence electrons. The van der Waals surface area contributed by atoms with E-state index in [0.29, 0.717) is 17.9 Å². The summed E-state index contributed by atoms with van der Waals surface area (Å²) in [6.07, 6.45) is 8.26. The molecule has 0 atom stereocenters. The average Bonchev–Trinajstić information content (AvgIpc) is 3.30. The maximum atomic E-state index is 5.65. The third-order valence-corrected chi connectivity index (χ3v) is 6.44. The van der Waals surface area contributed by atoms with E-state index in [0.717, 1.165) is 56.6 Å². The van der Waals surface area contributed by atoms with Crippen molar-refractivity contribution in [2.24, 2.45) is 10.4 Å². The Morgan fingerprint density at radius 1 is 1.10 bits per heavy atom. The maximum absolute atomic E-state index is 5.65. The van der Waals surface area contributed by atoms with Crippen molar-refractivity contribution >= 4 is 5.96 Å². The van der Waals surface area contributed by atoms with Crippen molar-refractivity contribution < 1.29 is 9.15 Å². The lowest BCUT2D eigenvalue weighted by Gasteiger charge is -2.42. The van der Waals surface area contributed by atoms with Crippen LogP contribution in [0.2, 0.25) is 0 Å². The molecule has 7 nitrogen and oxygen atoms in total. The predicted molar refractivity (Wildman–Crippen MR) is 123 cm³/mol. The first kappa shape index (κ1) is 21.8. The molecule has 0 amide bonds. The van der Waals surface area contributed by atoms with E-state index in [1.807, 2.05) is 37.4 Å². The van der Waals surface area contributed by atoms with E-state index in [9.17, 15) is 0 Å². The first-order valence-electron chi connectivity index (χ1n) is 11.5. The van der Waals surface area contributed by atoms with Crippen molar-refractivity contribution in [2.75, 3.05) is 46.4 Å². The van der Waals surface area contributed by atoms with Crippen LogP contribution in [0.4, 0.5) is 0 Å². The number of morpholine rings is 1. The molecular formula is C24H35N5O2. The van der Waals surface area contributed by atoms with Gasteiger partial charge in [0, 0.05) is 44.2 Å². The number of oxazole rings is 1. The molecular weight excluding hydrogens is 390 g/mol. The van der Waals surface area contributed by atoms with Gasteiger partial charge in [-0.15, -0.1) is 0 Å². The van der Waals surface area contributed by atoms with Gasteiger partial charge in [0.05, 0.1) is 25.5 Å². The summed E-state index contributed by atoms with van der Waals surface area (Å²) < 4.78 is 11.2. The minimum Gasteiger partial charge on any atom is -0.444 e. The standard InChI is InChI=1S/C24H35N5O2/c1-25-23(26-16-21-17-31-22(28-21)20-8-4-2-5-9-20)27-18-24(10-6-3-7-11-24)19-29-12-14-30-15-13-29/h2,4-5,8-9,17H,3,6-7,10-16,18-19H2,1H3,(H2,25,26,27). The van der Waals surface area contributed by atoms with E-state index in [1.54, 1.807) is 6.26 Å². The summed E-state index contributed by atoms with van der Waals surface area (Å²) in [6.45, 7) is 6.47. The van der Waals surface area contributed by atoms with Crippen molar-refractivity contribution in [3.63, 3.8) is 0 Å². The van der Waals surface area contributed by atoms with Crippen molar-refractivity contribution in [3.8, 4) is 11.5 Å². The number of nitrogens with zero attached hydrogens (tertiary/aromatic N) is 3. The number of nitrogens with one attached hydrogen (secondary N) is 2. The van der Waals surface area contributed by atoms with Crippen LogP contribution >= 0.6 is 0 Å². The third kappa shape index (κ3) is 6.08. The van der Waals surface area contributed by atoms with Gasteiger partial charge in [0.1, 0.15) is 6.26 Å². The molecule has 2 heterocycles. The highest BCUT2D eigenvalue weighted by Crippen LogP contribution is 2.36. The Balaban J connectivity index is 1.31. The smallest absolute Gasteiger partial charge is 0.226 e. The number of guanidine groups is 1. The van der Waals surface area contributed by atoms with Gasteiger partial charge < -0.3 is 19.8 Å². The lowest BCUT2D eigenvalue weighted by molar-refractivity contribution is 0.00820. The fourth-order valence-electron chi connectivity index (χ4n) is 4.69. The zero-order valence-corrected chi connectivity index (χ0v) is 18.6. The van der Waals surface area contributed by atoms with E-state index in [2.05, 4.69) is 25.5 Å². The largest absolute Gasteiger partial charge is 0.444 e. The monoisotopic (exact) mass is 425 g/mol. The molecule has 1 aliphatic carbocycles. The van der Waals surface area contributed by atoms with Gasteiger partial charge in [-0.25, -0.2) is 4.98 Å². The van der Waals surface area contributed by atoms with Gasteiger partial charge in [-0.3, -0.25) is 9.89 Å². The average molecular weight is 426 g/mol. The number of ether oxygens (including phenoxy) is 1. The van der Waals surface area contributed by atoms with Gasteiger partial charge in [-0.2, -0.15) is 0 Å². The second-order valence-electron chi connectivity index (χ2n) is 8.74. The Bertz CT molecular complexity index is 824. The maximum Gasteiger partial charge on any atom is 0.226 e. The summed E-state index contributed by atoms with van der Waals surface area (Å²) in [7, 11) is 1.82.